The van der Waals surface area contributed by atoms with Gasteiger partial charge in [0.1, 0.15) is 0 Å². The van der Waals surface area contributed by atoms with E-state index in [1.54, 1.807) is 0 Å². The van der Waals surface area contributed by atoms with Gasteiger partial charge < -0.3 is 14.8 Å². The van der Waals surface area contributed by atoms with Crippen LogP contribution < -0.4 is 5.32 Å². The van der Waals surface area contributed by atoms with Crippen molar-refractivity contribution in [2.45, 2.75) is 25.7 Å². The molecule has 1 aromatic rings. The van der Waals surface area contributed by atoms with Gasteiger partial charge in [-0.25, -0.2) is 0 Å². The Hall–Kier alpha value is -1.73. The third kappa shape index (κ3) is 3.39. The van der Waals surface area contributed by atoms with Crippen molar-refractivity contribution in [3.05, 3.63) is 34.1 Å². The molecule has 0 unspecified atom stereocenters. The summed E-state index contributed by atoms with van der Waals surface area (Å²) in [5.41, 5.74) is -0.0807. The van der Waals surface area contributed by atoms with Gasteiger partial charge in [0.2, 0.25) is 5.82 Å². The average molecular weight is 270 g/mol. The lowest BCUT2D eigenvalue weighted by molar-refractivity contribution is -0.387. The minimum atomic E-state index is -0.868. The highest BCUT2D eigenvalue weighted by Gasteiger charge is 2.28. The van der Waals surface area contributed by atoms with E-state index in [2.05, 4.69) is 5.32 Å². The van der Waals surface area contributed by atoms with Crippen molar-refractivity contribution in [1.29, 1.82) is 0 Å². The normalized spacial score (nSPS) is 19.1. The van der Waals surface area contributed by atoms with E-state index in [9.17, 15) is 14.5 Å². The van der Waals surface area contributed by atoms with Crippen LogP contribution in [0.15, 0.2) is 18.2 Å². The zero-order valence-corrected chi connectivity index (χ0v) is 10.7. The molecule has 1 saturated heterocycles. The maximum atomic E-state index is 13.4. The Morgan fingerprint density at radius 3 is 2.58 bits per heavy atom. The number of halogens is 1. The molecule has 0 saturated carbocycles. The van der Waals surface area contributed by atoms with E-state index >= 15 is 0 Å². The van der Waals surface area contributed by atoms with Crippen LogP contribution in [0.2, 0.25) is 0 Å². The maximum absolute atomic E-state index is 13.4. The van der Waals surface area contributed by atoms with Crippen LogP contribution in [0.3, 0.4) is 0 Å². The lowest BCUT2D eigenvalue weighted by atomic mass is 10.2. The second-order valence-electron chi connectivity index (χ2n) is 4.79. The number of nitrogens with one attached hydrogen (secondary N) is 1. The Bertz CT molecular complexity index is 483. The molecule has 0 aromatic heterocycles. The number of hydrogen-bond donors (Lipinski definition) is 1. The number of nitro groups is 1. The van der Waals surface area contributed by atoms with Crippen LogP contribution in [-0.4, -0.2) is 30.0 Å². The fourth-order valence-electron chi connectivity index (χ4n) is 1.76. The van der Waals surface area contributed by atoms with Crippen molar-refractivity contribution in [3.63, 3.8) is 0 Å². The molecule has 0 spiro atoms. The summed E-state index contributed by atoms with van der Waals surface area (Å²) in [6, 6.07) is 3.57. The van der Waals surface area contributed by atoms with Crippen molar-refractivity contribution < 1.29 is 18.8 Å². The first-order valence-corrected chi connectivity index (χ1v) is 5.86. The molecule has 0 bridgehead atoms. The van der Waals surface area contributed by atoms with E-state index in [0.717, 1.165) is 12.1 Å². The van der Waals surface area contributed by atoms with Crippen LogP contribution in [0, 0.1) is 15.9 Å². The Balaban J connectivity index is 2.01. The van der Waals surface area contributed by atoms with Crippen LogP contribution in [0.1, 0.15) is 13.8 Å². The van der Waals surface area contributed by atoms with Gasteiger partial charge in [-0.05, 0) is 19.9 Å². The summed E-state index contributed by atoms with van der Waals surface area (Å²) in [5.74, 6) is -1.48. The first-order valence-electron chi connectivity index (χ1n) is 5.86. The fraction of sp³-hybridized carbons (Fsp3) is 0.500. The van der Waals surface area contributed by atoms with Gasteiger partial charge in [0, 0.05) is 17.8 Å². The molecular weight excluding hydrogens is 255 g/mol. The van der Waals surface area contributed by atoms with Crippen LogP contribution in [0.5, 0.6) is 0 Å². The Morgan fingerprint density at radius 1 is 1.42 bits per heavy atom. The van der Waals surface area contributed by atoms with Gasteiger partial charge in [-0.1, -0.05) is 0 Å². The topological polar surface area (TPSA) is 73.6 Å². The summed E-state index contributed by atoms with van der Waals surface area (Å²) >= 11 is 0. The minimum absolute atomic E-state index is 0.117. The second-order valence-corrected chi connectivity index (χ2v) is 4.79. The Morgan fingerprint density at radius 2 is 2.05 bits per heavy atom. The molecule has 0 radical (unpaired) electrons. The highest BCUT2D eigenvalue weighted by molar-refractivity contribution is 5.50. The third-order valence-corrected chi connectivity index (χ3v) is 2.78. The first-order chi connectivity index (χ1) is 8.87. The number of nitro benzene ring substituents is 1. The molecule has 1 fully saturated rings. The van der Waals surface area contributed by atoms with Crippen molar-refractivity contribution in [2.24, 2.45) is 0 Å². The van der Waals surface area contributed by atoms with Gasteiger partial charge in [-0.15, -0.1) is 0 Å². The van der Waals surface area contributed by atoms with E-state index in [1.165, 1.54) is 6.07 Å². The molecule has 2 rings (SSSR count). The summed E-state index contributed by atoms with van der Waals surface area (Å²) in [4.78, 5) is 9.74. The van der Waals surface area contributed by atoms with E-state index in [1.807, 2.05) is 13.8 Å². The zero-order valence-electron chi connectivity index (χ0n) is 10.7. The molecule has 0 aliphatic carbocycles. The predicted octanol–water partition coefficient (Wildman–Crippen LogP) is 2.30. The van der Waals surface area contributed by atoms with Gasteiger partial charge in [0.05, 0.1) is 24.2 Å². The van der Waals surface area contributed by atoms with Crippen molar-refractivity contribution in [3.8, 4) is 0 Å². The molecule has 1 heterocycles. The van der Waals surface area contributed by atoms with E-state index in [0.29, 0.717) is 18.9 Å². The number of ether oxygens (including phenoxy) is 2. The number of hydrogen-bond acceptors (Lipinski definition) is 5. The standard InChI is InChI=1S/C12H15FN2O4/c1-12(2)18-6-9(7-19-12)14-8-3-4-11(15(16)17)10(13)5-8/h3-5,9,14H,6-7H2,1-2H3. The van der Waals surface area contributed by atoms with Gasteiger partial charge in [0.15, 0.2) is 5.79 Å². The number of benzene rings is 1. The minimum Gasteiger partial charge on any atom is -0.378 e. The molecule has 1 N–H and O–H groups in total. The average Bonchev–Trinajstić information content (AvgIpc) is 2.31. The smallest absolute Gasteiger partial charge is 0.304 e. The molecule has 19 heavy (non-hydrogen) atoms. The third-order valence-electron chi connectivity index (χ3n) is 2.78. The Labute approximate surface area is 109 Å². The summed E-state index contributed by atoms with van der Waals surface area (Å²) in [5, 5.41) is 13.5. The van der Waals surface area contributed by atoms with Crippen LogP contribution in [-0.2, 0) is 9.47 Å². The second kappa shape index (κ2) is 5.10. The molecule has 1 aliphatic rings. The summed E-state index contributed by atoms with van der Waals surface area (Å²) in [7, 11) is 0. The number of rotatable bonds is 3. The zero-order chi connectivity index (χ0) is 14.0. The quantitative estimate of drug-likeness (QED) is 0.674. The van der Waals surface area contributed by atoms with Crippen molar-refractivity contribution in [2.75, 3.05) is 18.5 Å². The van der Waals surface area contributed by atoms with Gasteiger partial charge in [0.25, 0.3) is 0 Å². The lowest BCUT2D eigenvalue weighted by Crippen LogP contribution is -2.45. The van der Waals surface area contributed by atoms with Gasteiger partial charge >= 0.3 is 5.69 Å². The van der Waals surface area contributed by atoms with Crippen molar-refractivity contribution in [1.82, 2.24) is 0 Å². The largest absolute Gasteiger partial charge is 0.378 e. The van der Waals surface area contributed by atoms with E-state index < -0.39 is 22.2 Å². The highest BCUT2D eigenvalue weighted by Crippen LogP contribution is 2.23. The number of anilines is 1. The maximum Gasteiger partial charge on any atom is 0.304 e. The van der Waals surface area contributed by atoms with Crippen LogP contribution in [0.25, 0.3) is 0 Å². The molecule has 0 atom stereocenters. The first kappa shape index (κ1) is 13.7. The van der Waals surface area contributed by atoms with Crippen LogP contribution >= 0.6 is 0 Å². The molecule has 104 valence electrons. The van der Waals surface area contributed by atoms with Gasteiger partial charge in [-0.3, -0.25) is 10.1 Å². The summed E-state index contributed by atoms with van der Waals surface area (Å²) in [6.45, 7) is 4.47. The Kier molecular flexibility index (Phi) is 3.68. The van der Waals surface area contributed by atoms with E-state index in [4.69, 9.17) is 9.47 Å². The SMILES string of the molecule is CC1(C)OCC(Nc2ccc([N+](=O)[O-])c(F)c2)CO1. The fourth-order valence-corrected chi connectivity index (χ4v) is 1.76. The molecule has 7 heteroatoms. The molecule has 1 aromatic carbocycles. The summed E-state index contributed by atoms with van der Waals surface area (Å²) < 4.78 is 24.3. The summed E-state index contributed by atoms with van der Waals surface area (Å²) in [6.07, 6.45) is 0. The van der Waals surface area contributed by atoms with Crippen LogP contribution in [0.4, 0.5) is 15.8 Å². The number of nitrogens with zero attached hydrogens (tertiary/aromatic N) is 1. The lowest BCUT2D eigenvalue weighted by Gasteiger charge is -2.35. The highest BCUT2D eigenvalue weighted by atomic mass is 19.1. The molecule has 6 nitrogen and oxygen atoms in total. The van der Waals surface area contributed by atoms with Gasteiger partial charge in [-0.2, -0.15) is 4.39 Å². The monoisotopic (exact) mass is 270 g/mol. The molecule has 0 amide bonds. The van der Waals surface area contributed by atoms with E-state index in [-0.39, 0.29) is 6.04 Å². The molecular formula is C12H15FN2O4. The predicted molar refractivity (Wildman–Crippen MR) is 66.4 cm³/mol. The molecule has 1 aliphatic heterocycles. The van der Waals surface area contributed by atoms with Crippen molar-refractivity contribution >= 4 is 11.4 Å².